The van der Waals surface area contributed by atoms with Crippen LogP contribution in [0.15, 0.2) is 249 Å². The Balaban J connectivity index is 0.00000578. The van der Waals surface area contributed by atoms with Gasteiger partial charge in [0.15, 0.2) is 0 Å². The van der Waals surface area contributed by atoms with Crippen molar-refractivity contribution in [3.05, 3.63) is 340 Å². The first kappa shape index (κ1) is 50.8. The molecule has 3 heterocycles. The first-order chi connectivity index (χ1) is 41.8. The molecule has 0 unspecified atom stereocenters. The second-order valence-corrected chi connectivity index (χ2v) is 24.5. The smallest absolute Gasteiger partial charge is 0.268 e. The largest absolute Gasteiger partial charge is 0.510 e. The summed E-state index contributed by atoms with van der Waals surface area (Å²) in [5, 5.41) is 2.22. The second-order valence-electron chi connectivity index (χ2n) is 24.5. The van der Waals surface area contributed by atoms with Crippen molar-refractivity contribution in [2.45, 2.75) is 49.9 Å². The fourth-order valence-electron chi connectivity index (χ4n) is 15.2. The van der Waals surface area contributed by atoms with E-state index in [0.29, 0.717) is 11.5 Å². The van der Waals surface area contributed by atoms with Gasteiger partial charge in [0.05, 0.1) is 16.7 Å². The zero-order chi connectivity index (χ0) is 56.2. The van der Waals surface area contributed by atoms with Gasteiger partial charge in [-0.2, -0.15) is 18.2 Å². The molecule has 11 aromatic carbocycles. The van der Waals surface area contributed by atoms with Crippen LogP contribution < -0.4 is 9.30 Å². The van der Waals surface area contributed by atoms with E-state index in [1.807, 2.05) is 24.4 Å². The number of ether oxygens (including phenoxy) is 1. The van der Waals surface area contributed by atoms with Gasteiger partial charge in [0, 0.05) is 67.9 Å². The molecule has 6 heteroatoms. The van der Waals surface area contributed by atoms with Gasteiger partial charge in [0.2, 0.25) is 0 Å². The number of nitrogens with zero attached hydrogens (tertiary/aromatic N) is 4. The molecule has 0 spiro atoms. The third-order valence-corrected chi connectivity index (χ3v) is 18.9. The molecule has 4 bridgehead atoms. The van der Waals surface area contributed by atoms with Gasteiger partial charge in [-0.05, 0) is 129 Å². The molecule has 20 rings (SSSR count). The number of rotatable bonds is 7. The predicted octanol–water partition coefficient (Wildman–Crippen LogP) is 18.2. The van der Waals surface area contributed by atoms with Crippen LogP contribution in [0, 0.1) is 18.5 Å². The number of hydrogen-bond donors (Lipinski definition) is 0. The standard InChI is InChI=1S/C80H54N4O.Pt/c1-80(2,3)50-40-41-81-74(44-50)84-70-31-13-12-20-56(70)57-39-36-53(46-73(57)84)85-52-19-16-18-51(45-52)82-47-83(72-33-15-14-32-71(72)82)79-54(48-34-37-66-68(42-48)77-62-25-8-4-21-58(62)75(66)59-22-5-9-26-63(59)77)29-17-30-55(79)49-35-38-67-69(43-49)78-64-27-10-6-23-60(64)76(67)61-24-7-11-28-65(61)78;/h4-44,75-78H,1-3H3;/q-2;. The monoisotopic (exact) mass is 1280 g/mol. The van der Waals surface area contributed by atoms with E-state index in [1.165, 1.54) is 83.5 Å². The summed E-state index contributed by atoms with van der Waals surface area (Å²) in [5.74, 6) is 2.65. The summed E-state index contributed by atoms with van der Waals surface area (Å²) in [6.07, 6.45) is 5.88. The third kappa shape index (κ3) is 7.47. The average molecular weight is 1280 g/mol. The van der Waals surface area contributed by atoms with Crippen molar-refractivity contribution < 1.29 is 30.4 Å². The summed E-state index contributed by atoms with van der Waals surface area (Å²) >= 11 is 0. The molecule has 0 saturated heterocycles. The van der Waals surface area contributed by atoms with Crippen LogP contribution in [-0.4, -0.2) is 14.1 Å². The van der Waals surface area contributed by atoms with Crippen LogP contribution in [0.25, 0.3) is 72.3 Å². The van der Waals surface area contributed by atoms with E-state index >= 15 is 0 Å². The van der Waals surface area contributed by atoms with Crippen molar-refractivity contribution >= 4 is 32.8 Å². The molecule has 0 saturated carbocycles. The normalized spacial score (nSPS) is 16.5. The van der Waals surface area contributed by atoms with Gasteiger partial charge in [-0.15, -0.1) is 29.7 Å². The van der Waals surface area contributed by atoms with Crippen molar-refractivity contribution in [2.24, 2.45) is 0 Å². The Bertz CT molecular complexity index is 4890. The molecular formula is C80H54N4OPt-2. The molecule has 86 heavy (non-hydrogen) atoms. The molecule has 5 nitrogen and oxygen atoms in total. The summed E-state index contributed by atoms with van der Waals surface area (Å²) < 4.78 is 13.5. The second kappa shape index (κ2) is 19.2. The van der Waals surface area contributed by atoms with Gasteiger partial charge in [-0.1, -0.05) is 220 Å². The number of imidazole rings is 1. The molecule has 412 valence electrons. The maximum Gasteiger partial charge on any atom is 0.268 e. The molecule has 0 fully saturated rings. The molecule has 6 aliphatic carbocycles. The van der Waals surface area contributed by atoms with Crippen molar-refractivity contribution in [3.8, 4) is 50.9 Å². The zero-order valence-corrected chi connectivity index (χ0v) is 49.8. The number of para-hydroxylation sites is 4. The molecular weight excluding hydrogens is 1230 g/mol. The third-order valence-electron chi connectivity index (χ3n) is 18.9. The minimum absolute atomic E-state index is 0. The van der Waals surface area contributed by atoms with Crippen LogP contribution in [0.3, 0.4) is 0 Å². The molecule has 0 aliphatic heterocycles. The average Bonchev–Trinajstić information content (AvgIpc) is 1.01. The Hall–Kier alpha value is -9.67. The van der Waals surface area contributed by atoms with Gasteiger partial charge in [-0.25, -0.2) is 4.98 Å². The molecule has 6 aliphatic rings. The quantitative estimate of drug-likeness (QED) is 0.118. The van der Waals surface area contributed by atoms with Crippen LogP contribution in [0.5, 0.6) is 11.5 Å². The van der Waals surface area contributed by atoms with Gasteiger partial charge in [-0.3, -0.25) is 4.57 Å². The Labute approximate surface area is 514 Å². The first-order valence-electron chi connectivity index (χ1n) is 29.7. The van der Waals surface area contributed by atoms with Gasteiger partial charge >= 0.3 is 0 Å². The topological polar surface area (TPSA) is 35.9 Å². The predicted molar refractivity (Wildman–Crippen MR) is 339 cm³/mol. The van der Waals surface area contributed by atoms with Crippen LogP contribution >= 0.6 is 0 Å². The minimum atomic E-state index is -0.0464. The Morgan fingerprint density at radius 1 is 0.430 bits per heavy atom. The Morgan fingerprint density at radius 2 is 0.919 bits per heavy atom. The molecule has 0 radical (unpaired) electrons. The van der Waals surface area contributed by atoms with Crippen molar-refractivity contribution in [2.75, 3.05) is 0 Å². The summed E-state index contributed by atoms with van der Waals surface area (Å²) in [6.45, 7) is 6.71. The number of fused-ring (bicyclic) bond motifs is 4. The van der Waals surface area contributed by atoms with Crippen LogP contribution in [0.2, 0.25) is 0 Å². The summed E-state index contributed by atoms with van der Waals surface area (Å²) in [6, 6.07) is 97.0. The van der Waals surface area contributed by atoms with Gasteiger partial charge in [0.25, 0.3) is 6.33 Å². The van der Waals surface area contributed by atoms with Crippen molar-refractivity contribution in [3.63, 3.8) is 0 Å². The van der Waals surface area contributed by atoms with Gasteiger partial charge < -0.3 is 13.9 Å². The SMILES string of the molecule is CC(C)(C)c1ccnc(-n2c3[c-]c(Oc4[c-]c(-n5[c-][n+](-c6c(-c7ccc8c(c7)C7c9ccccc9C8c8ccccc87)cccc6-c6ccc7c(c6)C6c8ccccc8C7c7ccccc76)c6ccccc65)ccc4)ccc3c3ccccc32)c1.[Pt]. The molecule has 0 atom stereocenters. The minimum Gasteiger partial charge on any atom is -0.510 e. The molecule has 0 N–H and O–H groups in total. The van der Waals surface area contributed by atoms with Crippen molar-refractivity contribution in [1.29, 1.82) is 0 Å². The van der Waals surface area contributed by atoms with Crippen molar-refractivity contribution in [1.82, 2.24) is 14.1 Å². The van der Waals surface area contributed by atoms with E-state index in [4.69, 9.17) is 9.72 Å². The number of hydrogen-bond acceptors (Lipinski definition) is 2. The number of aromatic nitrogens is 4. The van der Waals surface area contributed by atoms with E-state index in [-0.39, 0.29) is 50.2 Å². The van der Waals surface area contributed by atoms with Crippen LogP contribution in [0.1, 0.15) is 117 Å². The number of pyridine rings is 1. The molecule has 0 amide bonds. The first-order valence-corrected chi connectivity index (χ1v) is 29.7. The van der Waals surface area contributed by atoms with Crippen LogP contribution in [-0.2, 0) is 26.5 Å². The van der Waals surface area contributed by atoms with E-state index in [2.05, 4.69) is 277 Å². The van der Waals surface area contributed by atoms with Gasteiger partial charge in [0.1, 0.15) is 5.82 Å². The van der Waals surface area contributed by atoms with E-state index in [9.17, 15) is 0 Å². The molecule has 3 aromatic heterocycles. The summed E-state index contributed by atoms with van der Waals surface area (Å²) in [4.78, 5) is 4.92. The Kier molecular flexibility index (Phi) is 11.3. The maximum atomic E-state index is 6.81. The fourth-order valence-corrected chi connectivity index (χ4v) is 15.2. The van der Waals surface area contributed by atoms with E-state index < -0.39 is 0 Å². The zero-order valence-electron chi connectivity index (χ0n) is 47.5. The van der Waals surface area contributed by atoms with E-state index in [1.54, 1.807) is 0 Å². The number of benzene rings is 11. The summed E-state index contributed by atoms with van der Waals surface area (Å²) in [5.41, 5.74) is 28.5. The fraction of sp³-hybridized carbons (Fsp3) is 0.100. The van der Waals surface area contributed by atoms with E-state index in [0.717, 1.165) is 61.2 Å². The van der Waals surface area contributed by atoms with Crippen LogP contribution in [0.4, 0.5) is 0 Å². The summed E-state index contributed by atoms with van der Waals surface area (Å²) in [7, 11) is 0. The molecule has 14 aromatic rings. The maximum absolute atomic E-state index is 6.81. The Morgan fingerprint density at radius 3 is 1.49 bits per heavy atom.